The highest BCUT2D eigenvalue weighted by atomic mass is 15.1. The lowest BCUT2D eigenvalue weighted by molar-refractivity contribution is 0.273. The maximum absolute atomic E-state index is 3.65. The van der Waals surface area contributed by atoms with Gasteiger partial charge in [-0.15, -0.1) is 0 Å². The van der Waals surface area contributed by atoms with Gasteiger partial charge in [0.05, 0.1) is 0 Å². The van der Waals surface area contributed by atoms with Gasteiger partial charge in [-0.05, 0) is 64.1 Å². The van der Waals surface area contributed by atoms with Crippen LogP contribution >= 0.6 is 0 Å². The van der Waals surface area contributed by atoms with Gasteiger partial charge in [-0.1, -0.05) is 13.3 Å². The predicted octanol–water partition coefficient (Wildman–Crippen LogP) is 2.50. The van der Waals surface area contributed by atoms with E-state index in [2.05, 4.69) is 24.2 Å². The summed E-state index contributed by atoms with van der Waals surface area (Å²) in [5.41, 5.74) is 0. The number of rotatable bonds is 7. The number of hydrogen-bond donors (Lipinski definition) is 1. The van der Waals surface area contributed by atoms with Crippen molar-refractivity contribution in [2.45, 2.75) is 51.5 Å². The molecule has 0 aromatic carbocycles. The molecular formula is C14H28N2. The highest BCUT2D eigenvalue weighted by Crippen LogP contribution is 2.31. The Kier molecular flexibility index (Phi) is 4.66. The van der Waals surface area contributed by atoms with Crippen LogP contribution in [0.5, 0.6) is 0 Å². The van der Waals surface area contributed by atoms with Gasteiger partial charge in [0.25, 0.3) is 0 Å². The van der Waals surface area contributed by atoms with Crippen LogP contribution in [0, 0.1) is 11.8 Å². The molecule has 2 saturated carbocycles. The molecule has 0 bridgehead atoms. The van der Waals surface area contributed by atoms with Crippen molar-refractivity contribution in [3.8, 4) is 0 Å². The highest BCUT2D eigenvalue weighted by Gasteiger charge is 2.27. The van der Waals surface area contributed by atoms with Crippen molar-refractivity contribution in [1.82, 2.24) is 10.2 Å². The summed E-state index contributed by atoms with van der Waals surface area (Å²) in [7, 11) is 2.30. The maximum atomic E-state index is 3.65. The molecule has 0 amide bonds. The van der Waals surface area contributed by atoms with Crippen molar-refractivity contribution >= 4 is 0 Å². The minimum Gasteiger partial charge on any atom is -0.314 e. The van der Waals surface area contributed by atoms with Gasteiger partial charge in [0.1, 0.15) is 0 Å². The zero-order chi connectivity index (χ0) is 11.4. The summed E-state index contributed by atoms with van der Waals surface area (Å²) in [6.07, 6.45) is 8.66. The smallest absolute Gasteiger partial charge is 0.00956 e. The molecule has 2 rings (SSSR count). The van der Waals surface area contributed by atoms with Crippen LogP contribution < -0.4 is 5.32 Å². The molecule has 0 aliphatic heterocycles. The molecule has 94 valence electrons. The Hall–Kier alpha value is -0.0800. The first-order chi connectivity index (χ1) is 7.79. The third kappa shape index (κ3) is 3.74. The van der Waals surface area contributed by atoms with Gasteiger partial charge < -0.3 is 10.2 Å². The summed E-state index contributed by atoms with van der Waals surface area (Å²) in [4.78, 5) is 2.55. The summed E-state index contributed by atoms with van der Waals surface area (Å²) in [6.45, 7) is 6.02. The first-order valence-corrected chi connectivity index (χ1v) is 7.21. The van der Waals surface area contributed by atoms with E-state index < -0.39 is 0 Å². The van der Waals surface area contributed by atoms with E-state index in [9.17, 15) is 0 Å². The lowest BCUT2D eigenvalue weighted by Gasteiger charge is -2.23. The van der Waals surface area contributed by atoms with E-state index >= 15 is 0 Å². The van der Waals surface area contributed by atoms with E-state index in [1.807, 2.05) is 0 Å². The zero-order valence-corrected chi connectivity index (χ0v) is 11.0. The third-order valence-corrected chi connectivity index (χ3v) is 4.27. The van der Waals surface area contributed by atoms with E-state index in [1.54, 1.807) is 0 Å². The van der Waals surface area contributed by atoms with E-state index in [0.717, 1.165) is 24.4 Å². The fourth-order valence-corrected chi connectivity index (χ4v) is 3.13. The maximum Gasteiger partial charge on any atom is 0.00956 e. The fraction of sp³-hybridized carbons (Fsp3) is 1.00. The first-order valence-electron chi connectivity index (χ1n) is 7.21. The van der Waals surface area contributed by atoms with Crippen LogP contribution in [-0.4, -0.2) is 37.6 Å². The molecule has 0 aromatic rings. The molecule has 0 aromatic heterocycles. The minimum absolute atomic E-state index is 0.819. The average Bonchev–Trinajstić information content (AvgIpc) is 2.95. The summed E-state index contributed by atoms with van der Waals surface area (Å²) < 4.78 is 0. The lowest BCUT2D eigenvalue weighted by Crippen LogP contribution is -2.34. The van der Waals surface area contributed by atoms with Crippen molar-refractivity contribution < 1.29 is 0 Å². The molecule has 0 saturated heterocycles. The largest absolute Gasteiger partial charge is 0.314 e. The monoisotopic (exact) mass is 224 g/mol. The molecule has 2 fully saturated rings. The van der Waals surface area contributed by atoms with Crippen LogP contribution in [-0.2, 0) is 0 Å². The van der Waals surface area contributed by atoms with Crippen molar-refractivity contribution in [2.75, 3.05) is 26.7 Å². The van der Waals surface area contributed by atoms with Crippen molar-refractivity contribution in [2.24, 2.45) is 11.8 Å². The van der Waals surface area contributed by atoms with Gasteiger partial charge in [-0.25, -0.2) is 0 Å². The van der Waals surface area contributed by atoms with Gasteiger partial charge in [0, 0.05) is 12.6 Å². The third-order valence-electron chi connectivity index (χ3n) is 4.27. The fourth-order valence-electron chi connectivity index (χ4n) is 3.13. The number of hydrogen-bond acceptors (Lipinski definition) is 2. The van der Waals surface area contributed by atoms with Crippen molar-refractivity contribution in [3.63, 3.8) is 0 Å². The summed E-state index contributed by atoms with van der Waals surface area (Å²) in [5.74, 6) is 1.99. The molecule has 16 heavy (non-hydrogen) atoms. The second-order valence-electron chi connectivity index (χ2n) is 5.85. The quantitative estimate of drug-likeness (QED) is 0.715. The predicted molar refractivity (Wildman–Crippen MR) is 69.6 cm³/mol. The van der Waals surface area contributed by atoms with E-state index in [0.29, 0.717) is 0 Å². The number of nitrogens with zero attached hydrogens (tertiary/aromatic N) is 1. The van der Waals surface area contributed by atoms with Crippen molar-refractivity contribution in [3.05, 3.63) is 0 Å². The zero-order valence-electron chi connectivity index (χ0n) is 11.0. The molecule has 0 heterocycles. The molecule has 1 N–H and O–H groups in total. The molecule has 0 radical (unpaired) electrons. The van der Waals surface area contributed by atoms with Crippen LogP contribution in [0.15, 0.2) is 0 Å². The Labute approximate surface area is 101 Å². The standard InChI is InChI=1S/C14H28N2/c1-3-15-14-6-4-5-13(14)9-10-16(2)11-12-7-8-12/h12-15H,3-11H2,1-2H3. The Morgan fingerprint density at radius 3 is 2.69 bits per heavy atom. The van der Waals surface area contributed by atoms with Crippen LogP contribution in [0.3, 0.4) is 0 Å². The van der Waals surface area contributed by atoms with Gasteiger partial charge in [0.15, 0.2) is 0 Å². The molecule has 2 aliphatic carbocycles. The Bertz CT molecular complexity index is 201. The van der Waals surface area contributed by atoms with Gasteiger partial charge in [0.2, 0.25) is 0 Å². The second kappa shape index (κ2) is 6.02. The molecular weight excluding hydrogens is 196 g/mol. The van der Waals surface area contributed by atoms with Gasteiger partial charge in [-0.3, -0.25) is 0 Å². The van der Waals surface area contributed by atoms with Crippen molar-refractivity contribution in [1.29, 1.82) is 0 Å². The van der Waals surface area contributed by atoms with E-state index in [1.165, 1.54) is 51.6 Å². The van der Waals surface area contributed by atoms with Crippen LogP contribution in [0.25, 0.3) is 0 Å². The first kappa shape index (κ1) is 12.4. The molecule has 2 nitrogen and oxygen atoms in total. The van der Waals surface area contributed by atoms with Gasteiger partial charge >= 0.3 is 0 Å². The van der Waals surface area contributed by atoms with E-state index in [4.69, 9.17) is 0 Å². The molecule has 2 atom stereocenters. The lowest BCUT2D eigenvalue weighted by atomic mass is 9.99. The van der Waals surface area contributed by atoms with Crippen LogP contribution in [0.2, 0.25) is 0 Å². The average molecular weight is 224 g/mol. The Morgan fingerprint density at radius 1 is 1.19 bits per heavy atom. The topological polar surface area (TPSA) is 15.3 Å². The SMILES string of the molecule is CCNC1CCCC1CCN(C)CC1CC1. The second-order valence-corrected chi connectivity index (χ2v) is 5.85. The highest BCUT2D eigenvalue weighted by molar-refractivity contribution is 4.84. The normalized spacial score (nSPS) is 30.2. The molecule has 2 unspecified atom stereocenters. The van der Waals surface area contributed by atoms with Crippen LogP contribution in [0.1, 0.15) is 45.4 Å². The molecule has 2 heteroatoms. The van der Waals surface area contributed by atoms with Crippen LogP contribution in [0.4, 0.5) is 0 Å². The van der Waals surface area contributed by atoms with E-state index in [-0.39, 0.29) is 0 Å². The molecule has 0 spiro atoms. The Balaban J connectivity index is 1.63. The summed E-state index contributed by atoms with van der Waals surface area (Å²) >= 11 is 0. The minimum atomic E-state index is 0.819. The summed E-state index contributed by atoms with van der Waals surface area (Å²) in [5, 5.41) is 3.65. The molecule has 2 aliphatic rings. The summed E-state index contributed by atoms with van der Waals surface area (Å²) in [6, 6.07) is 0.819. The Morgan fingerprint density at radius 2 is 2.00 bits per heavy atom. The number of nitrogens with one attached hydrogen (secondary N) is 1. The van der Waals surface area contributed by atoms with Gasteiger partial charge in [-0.2, -0.15) is 0 Å².